The summed E-state index contributed by atoms with van der Waals surface area (Å²) < 4.78 is 1.39. The van der Waals surface area contributed by atoms with E-state index in [2.05, 4.69) is 43.8 Å². The molecule has 1 saturated carbocycles. The molecule has 0 aliphatic heterocycles. The van der Waals surface area contributed by atoms with E-state index >= 15 is 0 Å². The fourth-order valence-electron chi connectivity index (χ4n) is 2.54. The fourth-order valence-corrected chi connectivity index (χ4v) is 5.36. The predicted octanol–water partition coefficient (Wildman–Crippen LogP) is 2.93. The summed E-state index contributed by atoms with van der Waals surface area (Å²) in [6.45, 7) is 8.23. The van der Waals surface area contributed by atoms with Gasteiger partial charge in [0.25, 0.3) is 0 Å². The average molecular weight is 309 g/mol. The summed E-state index contributed by atoms with van der Waals surface area (Å²) in [7, 11) is 0. The second-order valence-electron chi connectivity index (χ2n) is 5.59. The molecule has 0 amide bonds. The number of allylic oxidation sites excluding steroid dienone is 1. The summed E-state index contributed by atoms with van der Waals surface area (Å²) in [4.78, 5) is 0.405. The molecule has 1 aromatic rings. The Balaban J connectivity index is 2.10. The summed E-state index contributed by atoms with van der Waals surface area (Å²) in [5.74, 6) is 0.598. The van der Waals surface area contributed by atoms with Crippen LogP contribution in [0.15, 0.2) is 42.5 Å². The van der Waals surface area contributed by atoms with Crippen LogP contribution >= 0.6 is 0 Å². The van der Waals surface area contributed by atoms with Gasteiger partial charge in [0.15, 0.2) is 0 Å². The Morgan fingerprint density at radius 1 is 1.39 bits per heavy atom. The first-order valence-corrected chi connectivity index (χ1v) is 8.43. The topological polar surface area (TPSA) is 20.2 Å². The van der Waals surface area contributed by atoms with Crippen LogP contribution in [0.2, 0.25) is 4.82 Å². The maximum atomic E-state index is 10.6. The molecule has 18 heavy (non-hydrogen) atoms. The zero-order chi connectivity index (χ0) is 13.2. The maximum absolute atomic E-state index is 10.6. The van der Waals surface area contributed by atoms with E-state index in [9.17, 15) is 5.11 Å². The van der Waals surface area contributed by atoms with Crippen molar-refractivity contribution >= 4 is 19.4 Å². The van der Waals surface area contributed by atoms with Crippen molar-refractivity contribution < 1.29 is 5.11 Å². The Hall–Kier alpha value is -0.561. The standard InChI is InChI=1S/C16H22OSe/c1-12(2)13-9-10-16(3,17)15(11-13)18-14-7-5-4-6-8-14/h4-8,13,15,17H,1,9-11H2,2-3H3/t13-,15+,16+/m1/s1. The molecule has 0 unspecified atom stereocenters. The second-order valence-corrected chi connectivity index (χ2v) is 8.27. The quantitative estimate of drug-likeness (QED) is 0.672. The van der Waals surface area contributed by atoms with E-state index in [0.717, 1.165) is 19.3 Å². The molecule has 2 rings (SSSR count). The van der Waals surface area contributed by atoms with Gasteiger partial charge in [-0.15, -0.1) is 0 Å². The Kier molecular flexibility index (Phi) is 4.32. The van der Waals surface area contributed by atoms with Gasteiger partial charge in [-0.2, -0.15) is 0 Å². The van der Waals surface area contributed by atoms with Crippen molar-refractivity contribution in [3.8, 4) is 0 Å². The van der Waals surface area contributed by atoms with Crippen LogP contribution in [0.3, 0.4) is 0 Å². The van der Waals surface area contributed by atoms with Crippen molar-refractivity contribution in [3.05, 3.63) is 42.5 Å². The van der Waals surface area contributed by atoms with Gasteiger partial charge in [0, 0.05) is 0 Å². The molecular weight excluding hydrogens is 287 g/mol. The van der Waals surface area contributed by atoms with Crippen LogP contribution in [-0.4, -0.2) is 25.7 Å². The summed E-state index contributed by atoms with van der Waals surface area (Å²) in [5.41, 5.74) is 0.779. The molecule has 1 aromatic carbocycles. The molecule has 0 spiro atoms. The first-order chi connectivity index (χ1) is 8.49. The SMILES string of the molecule is C=C(C)[C@@H]1CC[C@](C)(O)[C@@H]([Se]c2ccccc2)C1. The normalized spacial score (nSPS) is 32.2. The van der Waals surface area contributed by atoms with Crippen LogP contribution in [0, 0.1) is 5.92 Å². The molecule has 0 heterocycles. The number of aliphatic hydroxyl groups is 1. The molecule has 1 aliphatic carbocycles. The molecule has 1 nitrogen and oxygen atoms in total. The number of benzene rings is 1. The van der Waals surface area contributed by atoms with Crippen molar-refractivity contribution in [2.24, 2.45) is 5.92 Å². The molecule has 0 bridgehead atoms. The Morgan fingerprint density at radius 2 is 2.06 bits per heavy atom. The molecule has 1 N–H and O–H groups in total. The first-order valence-electron chi connectivity index (χ1n) is 6.58. The number of rotatable bonds is 3. The summed E-state index contributed by atoms with van der Waals surface area (Å²) >= 11 is 0.346. The molecule has 0 aromatic heterocycles. The number of hydrogen-bond donors (Lipinski definition) is 1. The van der Waals surface area contributed by atoms with E-state index in [-0.39, 0.29) is 0 Å². The fraction of sp³-hybridized carbons (Fsp3) is 0.500. The third-order valence-electron chi connectivity index (χ3n) is 3.91. The van der Waals surface area contributed by atoms with Gasteiger partial charge in [-0.05, 0) is 0 Å². The third kappa shape index (κ3) is 3.26. The zero-order valence-corrected chi connectivity index (χ0v) is 12.9. The van der Waals surface area contributed by atoms with Gasteiger partial charge in [-0.25, -0.2) is 0 Å². The van der Waals surface area contributed by atoms with Gasteiger partial charge in [-0.3, -0.25) is 0 Å². The Bertz CT molecular complexity index is 410. The van der Waals surface area contributed by atoms with Crippen LogP contribution in [0.4, 0.5) is 0 Å². The van der Waals surface area contributed by atoms with E-state index < -0.39 is 5.60 Å². The van der Waals surface area contributed by atoms with Crippen LogP contribution in [0.5, 0.6) is 0 Å². The van der Waals surface area contributed by atoms with Gasteiger partial charge in [0.05, 0.1) is 0 Å². The Labute approximate surface area is 116 Å². The van der Waals surface area contributed by atoms with Crippen molar-refractivity contribution in [1.82, 2.24) is 0 Å². The minimum atomic E-state index is -0.498. The van der Waals surface area contributed by atoms with E-state index in [4.69, 9.17) is 0 Å². The van der Waals surface area contributed by atoms with Gasteiger partial charge >= 0.3 is 116 Å². The summed E-state index contributed by atoms with van der Waals surface area (Å²) in [6.07, 6.45) is 3.09. The zero-order valence-electron chi connectivity index (χ0n) is 11.2. The van der Waals surface area contributed by atoms with E-state index in [1.54, 1.807) is 0 Å². The Morgan fingerprint density at radius 3 is 2.67 bits per heavy atom. The second kappa shape index (κ2) is 5.61. The predicted molar refractivity (Wildman–Crippen MR) is 78.4 cm³/mol. The molecule has 0 saturated heterocycles. The van der Waals surface area contributed by atoms with Crippen molar-refractivity contribution in [2.45, 2.75) is 43.5 Å². The molecule has 1 fully saturated rings. The van der Waals surface area contributed by atoms with E-state index in [1.165, 1.54) is 10.0 Å². The van der Waals surface area contributed by atoms with Crippen molar-refractivity contribution in [2.75, 3.05) is 0 Å². The molecule has 0 radical (unpaired) electrons. The van der Waals surface area contributed by atoms with Gasteiger partial charge in [0.2, 0.25) is 0 Å². The van der Waals surface area contributed by atoms with Crippen LogP contribution in [0.1, 0.15) is 33.1 Å². The molecular formula is C16H22OSe. The monoisotopic (exact) mass is 310 g/mol. The molecule has 1 aliphatic rings. The average Bonchev–Trinajstić information content (AvgIpc) is 2.33. The minimum absolute atomic E-state index is 0.346. The van der Waals surface area contributed by atoms with Crippen LogP contribution < -0.4 is 4.46 Å². The number of hydrogen-bond acceptors (Lipinski definition) is 1. The van der Waals surface area contributed by atoms with Gasteiger partial charge in [0.1, 0.15) is 0 Å². The molecule has 98 valence electrons. The van der Waals surface area contributed by atoms with E-state index in [0.29, 0.717) is 25.7 Å². The summed E-state index contributed by atoms with van der Waals surface area (Å²) in [6, 6.07) is 10.6. The van der Waals surface area contributed by atoms with Crippen LogP contribution in [0.25, 0.3) is 0 Å². The third-order valence-corrected chi connectivity index (χ3v) is 7.12. The molecule has 2 heteroatoms. The van der Waals surface area contributed by atoms with E-state index in [1.807, 2.05) is 6.92 Å². The van der Waals surface area contributed by atoms with Gasteiger partial charge < -0.3 is 0 Å². The van der Waals surface area contributed by atoms with Crippen molar-refractivity contribution in [1.29, 1.82) is 0 Å². The first kappa shape index (κ1) is 13.9. The molecule has 3 atom stereocenters. The van der Waals surface area contributed by atoms with Crippen LogP contribution in [-0.2, 0) is 0 Å². The van der Waals surface area contributed by atoms with Crippen molar-refractivity contribution in [3.63, 3.8) is 0 Å². The van der Waals surface area contributed by atoms with Gasteiger partial charge in [-0.1, -0.05) is 0 Å². The summed E-state index contributed by atoms with van der Waals surface area (Å²) in [5, 5.41) is 10.6.